The number of carbonyl (C=O) groups excluding carboxylic acids is 1. The second kappa shape index (κ2) is 9.40. The molecule has 0 aliphatic carbocycles. The quantitative estimate of drug-likeness (QED) is 0.565. The first-order valence-corrected chi connectivity index (χ1v) is 10.8. The van der Waals surface area contributed by atoms with Gasteiger partial charge in [-0.15, -0.1) is 10.2 Å². The molecule has 0 N–H and O–H groups in total. The van der Waals surface area contributed by atoms with Crippen molar-refractivity contribution in [3.8, 4) is 11.4 Å². The molecule has 156 valence electrons. The molecule has 1 atom stereocenters. The molecule has 1 aromatic heterocycles. The van der Waals surface area contributed by atoms with Crippen LogP contribution in [-0.2, 0) is 16.1 Å². The van der Waals surface area contributed by atoms with Gasteiger partial charge >= 0.3 is 0 Å². The zero-order valence-corrected chi connectivity index (χ0v) is 17.5. The molecule has 4 rings (SSSR count). The molecule has 1 saturated heterocycles. The third kappa shape index (κ3) is 4.88. The number of hydrogen-bond donors (Lipinski definition) is 0. The molecular formula is C22H23FN4O2S. The first kappa shape index (κ1) is 20.6. The normalized spacial score (nSPS) is 16.6. The Bertz CT molecular complexity index is 994. The van der Waals surface area contributed by atoms with Crippen LogP contribution in [0.5, 0.6) is 0 Å². The number of aromatic nitrogens is 3. The third-order valence-corrected chi connectivity index (χ3v) is 5.87. The summed E-state index contributed by atoms with van der Waals surface area (Å²) in [6, 6.07) is 16.2. The topological polar surface area (TPSA) is 60.2 Å². The monoisotopic (exact) mass is 426 g/mol. The number of thioether (sulfide) groups is 1. The predicted octanol–water partition coefficient (Wildman–Crippen LogP) is 3.47. The van der Waals surface area contributed by atoms with Crippen LogP contribution in [-0.4, -0.2) is 57.1 Å². The van der Waals surface area contributed by atoms with E-state index in [1.807, 2.05) is 46.7 Å². The van der Waals surface area contributed by atoms with Crippen LogP contribution >= 0.6 is 11.8 Å². The highest BCUT2D eigenvalue weighted by atomic mass is 32.2. The van der Waals surface area contributed by atoms with E-state index in [1.165, 1.54) is 23.9 Å². The van der Waals surface area contributed by atoms with E-state index in [0.29, 0.717) is 37.2 Å². The van der Waals surface area contributed by atoms with Crippen LogP contribution in [0.25, 0.3) is 11.4 Å². The zero-order valence-electron chi connectivity index (χ0n) is 16.7. The minimum atomic E-state index is -0.298. The molecule has 6 nitrogen and oxygen atoms in total. The lowest BCUT2D eigenvalue weighted by atomic mass is 10.2. The Morgan fingerprint density at radius 1 is 1.17 bits per heavy atom. The number of hydrogen-bond acceptors (Lipinski definition) is 5. The van der Waals surface area contributed by atoms with Crippen LogP contribution in [0.1, 0.15) is 12.5 Å². The van der Waals surface area contributed by atoms with Gasteiger partial charge in [-0.2, -0.15) is 0 Å². The highest BCUT2D eigenvalue weighted by molar-refractivity contribution is 7.99. The second-order valence-corrected chi connectivity index (χ2v) is 8.14. The van der Waals surface area contributed by atoms with Crippen LogP contribution in [0.15, 0.2) is 59.8 Å². The predicted molar refractivity (Wildman–Crippen MR) is 114 cm³/mol. The number of halogens is 1. The van der Waals surface area contributed by atoms with Gasteiger partial charge in [0, 0.05) is 18.7 Å². The van der Waals surface area contributed by atoms with Crippen LogP contribution in [0.3, 0.4) is 0 Å². The Morgan fingerprint density at radius 2 is 1.93 bits per heavy atom. The van der Waals surface area contributed by atoms with E-state index in [0.717, 1.165) is 11.1 Å². The van der Waals surface area contributed by atoms with Gasteiger partial charge in [-0.05, 0) is 36.8 Å². The van der Waals surface area contributed by atoms with Crippen molar-refractivity contribution in [3.05, 3.63) is 66.0 Å². The van der Waals surface area contributed by atoms with E-state index in [-0.39, 0.29) is 23.6 Å². The SMILES string of the molecule is CC1CN(C(=O)CSc2nnc(-c3ccc(F)cc3)n2Cc2ccccc2)CCO1. The average molecular weight is 427 g/mol. The van der Waals surface area contributed by atoms with Gasteiger partial charge in [-0.3, -0.25) is 9.36 Å². The molecule has 1 fully saturated rings. The van der Waals surface area contributed by atoms with Crippen LogP contribution in [0.4, 0.5) is 4.39 Å². The summed E-state index contributed by atoms with van der Waals surface area (Å²) in [4.78, 5) is 14.5. The maximum Gasteiger partial charge on any atom is 0.233 e. The fraction of sp³-hybridized carbons (Fsp3) is 0.318. The summed E-state index contributed by atoms with van der Waals surface area (Å²) in [5.41, 5.74) is 1.87. The molecule has 1 aliphatic rings. The van der Waals surface area contributed by atoms with E-state index >= 15 is 0 Å². The molecular weight excluding hydrogens is 403 g/mol. The third-order valence-electron chi connectivity index (χ3n) is 4.92. The number of carbonyl (C=O) groups is 1. The van der Waals surface area contributed by atoms with Crippen molar-refractivity contribution in [1.82, 2.24) is 19.7 Å². The Labute approximate surface area is 179 Å². The molecule has 1 unspecified atom stereocenters. The number of benzene rings is 2. The first-order chi connectivity index (χ1) is 14.6. The van der Waals surface area contributed by atoms with Gasteiger partial charge in [0.2, 0.25) is 5.91 Å². The first-order valence-electron chi connectivity index (χ1n) is 9.85. The molecule has 1 aliphatic heterocycles. The van der Waals surface area contributed by atoms with Crippen molar-refractivity contribution in [2.45, 2.75) is 24.7 Å². The highest BCUT2D eigenvalue weighted by Crippen LogP contribution is 2.26. The zero-order chi connectivity index (χ0) is 20.9. The lowest BCUT2D eigenvalue weighted by Crippen LogP contribution is -2.45. The summed E-state index contributed by atoms with van der Waals surface area (Å²) in [6.45, 7) is 4.32. The molecule has 30 heavy (non-hydrogen) atoms. The van der Waals surface area contributed by atoms with Gasteiger partial charge in [0.25, 0.3) is 0 Å². The molecule has 0 bridgehead atoms. The van der Waals surface area contributed by atoms with E-state index < -0.39 is 0 Å². The highest BCUT2D eigenvalue weighted by Gasteiger charge is 2.23. The Morgan fingerprint density at radius 3 is 2.67 bits per heavy atom. The smallest absolute Gasteiger partial charge is 0.233 e. The molecule has 2 aromatic carbocycles. The summed E-state index contributed by atoms with van der Waals surface area (Å²) >= 11 is 1.37. The number of rotatable bonds is 6. The Hall–Kier alpha value is -2.71. The number of morpholine rings is 1. The van der Waals surface area contributed by atoms with Crippen molar-refractivity contribution in [2.75, 3.05) is 25.4 Å². The maximum absolute atomic E-state index is 13.4. The standard InChI is InChI=1S/C22H23FN4O2S/c1-16-13-26(11-12-29-16)20(28)15-30-22-25-24-21(18-7-9-19(23)10-8-18)27(22)14-17-5-3-2-4-6-17/h2-10,16H,11-15H2,1H3. The van der Waals surface area contributed by atoms with E-state index in [2.05, 4.69) is 10.2 Å². The van der Waals surface area contributed by atoms with Crippen molar-refractivity contribution in [1.29, 1.82) is 0 Å². The van der Waals surface area contributed by atoms with E-state index in [9.17, 15) is 9.18 Å². The Kier molecular flexibility index (Phi) is 6.44. The van der Waals surface area contributed by atoms with Crippen LogP contribution in [0.2, 0.25) is 0 Å². The fourth-order valence-electron chi connectivity index (χ4n) is 3.38. The lowest BCUT2D eigenvalue weighted by Gasteiger charge is -2.31. The van der Waals surface area contributed by atoms with Crippen molar-refractivity contribution in [2.24, 2.45) is 0 Å². The van der Waals surface area contributed by atoms with Crippen molar-refractivity contribution in [3.63, 3.8) is 0 Å². The molecule has 0 saturated carbocycles. The summed E-state index contributed by atoms with van der Waals surface area (Å²) in [5, 5.41) is 9.33. The molecule has 1 amide bonds. The van der Waals surface area contributed by atoms with Crippen molar-refractivity contribution >= 4 is 17.7 Å². The molecule has 0 spiro atoms. The van der Waals surface area contributed by atoms with Crippen molar-refractivity contribution < 1.29 is 13.9 Å². The minimum Gasteiger partial charge on any atom is -0.375 e. The molecule has 2 heterocycles. The van der Waals surface area contributed by atoms with Gasteiger partial charge in [-0.1, -0.05) is 42.1 Å². The second-order valence-electron chi connectivity index (χ2n) is 7.19. The number of nitrogens with zero attached hydrogens (tertiary/aromatic N) is 4. The van der Waals surface area contributed by atoms with E-state index in [4.69, 9.17) is 4.74 Å². The molecule has 0 radical (unpaired) electrons. The van der Waals surface area contributed by atoms with Gasteiger partial charge in [0.1, 0.15) is 5.82 Å². The largest absolute Gasteiger partial charge is 0.375 e. The van der Waals surface area contributed by atoms with Gasteiger partial charge in [-0.25, -0.2) is 4.39 Å². The van der Waals surface area contributed by atoms with Gasteiger partial charge < -0.3 is 9.64 Å². The molecule has 8 heteroatoms. The summed E-state index contributed by atoms with van der Waals surface area (Å²) in [5.74, 6) is 0.692. The van der Waals surface area contributed by atoms with E-state index in [1.54, 1.807) is 12.1 Å². The number of amides is 1. The average Bonchev–Trinajstić information content (AvgIpc) is 3.15. The lowest BCUT2D eigenvalue weighted by molar-refractivity contribution is -0.135. The summed E-state index contributed by atoms with van der Waals surface area (Å²) < 4.78 is 20.9. The fourth-order valence-corrected chi connectivity index (χ4v) is 4.22. The Balaban J connectivity index is 1.56. The van der Waals surface area contributed by atoms with Crippen LogP contribution < -0.4 is 0 Å². The van der Waals surface area contributed by atoms with Gasteiger partial charge in [0.15, 0.2) is 11.0 Å². The molecule has 3 aromatic rings. The summed E-state index contributed by atoms with van der Waals surface area (Å²) in [7, 11) is 0. The van der Waals surface area contributed by atoms with Gasteiger partial charge in [0.05, 0.1) is 25.0 Å². The number of ether oxygens (including phenoxy) is 1. The minimum absolute atomic E-state index is 0.0551. The maximum atomic E-state index is 13.4. The summed E-state index contributed by atoms with van der Waals surface area (Å²) in [6.07, 6.45) is 0.0551. The van der Waals surface area contributed by atoms with Crippen LogP contribution in [0, 0.1) is 5.82 Å².